The van der Waals surface area contributed by atoms with Gasteiger partial charge in [-0.3, -0.25) is 0 Å². The van der Waals surface area contributed by atoms with E-state index in [0.717, 1.165) is 28.1 Å². The third-order valence-electron chi connectivity index (χ3n) is 2.96. The summed E-state index contributed by atoms with van der Waals surface area (Å²) in [6.07, 6.45) is 2.08. The monoisotopic (exact) mass is 284 g/mol. The summed E-state index contributed by atoms with van der Waals surface area (Å²) in [5.41, 5.74) is 2.41. The Balaban J connectivity index is 2.23. The molecule has 3 rings (SSSR count). The number of halogens is 2. The Hall–Kier alpha value is -0.510. The first-order valence-electron chi connectivity index (χ1n) is 4.92. The first-order valence-corrected chi connectivity index (χ1v) is 6.09. The summed E-state index contributed by atoms with van der Waals surface area (Å²) in [6.45, 7) is 2.13. The van der Waals surface area contributed by atoms with Crippen LogP contribution >= 0.6 is 27.5 Å². The number of rotatable bonds is 1. The highest BCUT2D eigenvalue weighted by Gasteiger charge is 2.22. The highest BCUT2D eigenvalue weighted by atomic mass is 79.9. The van der Waals surface area contributed by atoms with Crippen LogP contribution in [0.25, 0.3) is 10.9 Å². The Morgan fingerprint density at radius 1 is 1.33 bits per heavy atom. The minimum absolute atomic E-state index is 0.629. The molecule has 0 spiro atoms. The van der Waals surface area contributed by atoms with Crippen LogP contribution < -0.4 is 5.32 Å². The van der Waals surface area contributed by atoms with Gasteiger partial charge in [0.1, 0.15) is 0 Å². The molecule has 1 fully saturated rings. The van der Waals surface area contributed by atoms with Crippen LogP contribution in [0.3, 0.4) is 0 Å². The van der Waals surface area contributed by atoms with Crippen LogP contribution in [0.5, 0.6) is 0 Å². The van der Waals surface area contributed by atoms with E-state index in [-0.39, 0.29) is 0 Å². The Kier molecular flexibility index (Phi) is 2.27. The van der Waals surface area contributed by atoms with Crippen molar-refractivity contribution in [2.24, 2.45) is 0 Å². The minimum atomic E-state index is 0.629. The Morgan fingerprint density at radius 3 is 2.80 bits per heavy atom. The van der Waals surface area contributed by atoms with Gasteiger partial charge in [0.2, 0.25) is 0 Å². The van der Waals surface area contributed by atoms with Crippen LogP contribution in [0.1, 0.15) is 11.5 Å². The summed E-state index contributed by atoms with van der Waals surface area (Å²) in [5.74, 6) is 0.629. The largest absolute Gasteiger partial charge is 0.360 e. The van der Waals surface area contributed by atoms with E-state index in [9.17, 15) is 0 Å². The summed E-state index contributed by atoms with van der Waals surface area (Å²) in [4.78, 5) is 3.25. The van der Waals surface area contributed by atoms with Gasteiger partial charge < -0.3 is 10.3 Å². The molecule has 1 saturated heterocycles. The number of hydrogen-bond donors (Lipinski definition) is 2. The molecular weight excluding hydrogens is 275 g/mol. The third kappa shape index (κ3) is 1.50. The van der Waals surface area contributed by atoms with Gasteiger partial charge in [0.15, 0.2) is 0 Å². The lowest BCUT2D eigenvalue weighted by atomic mass is 9.93. The number of H-pyrrole nitrogens is 1. The molecule has 1 aromatic heterocycles. The van der Waals surface area contributed by atoms with E-state index < -0.39 is 0 Å². The SMILES string of the molecule is Clc1cc(Br)cc2c(C3CNC3)c[nH]c12. The third-order valence-corrected chi connectivity index (χ3v) is 3.72. The van der Waals surface area contributed by atoms with Crippen LogP contribution in [0.4, 0.5) is 0 Å². The highest BCUT2D eigenvalue weighted by molar-refractivity contribution is 9.10. The number of nitrogens with one attached hydrogen (secondary N) is 2. The van der Waals surface area contributed by atoms with Gasteiger partial charge in [0.05, 0.1) is 10.5 Å². The summed E-state index contributed by atoms with van der Waals surface area (Å²) in [7, 11) is 0. The van der Waals surface area contributed by atoms with Gasteiger partial charge in [0.25, 0.3) is 0 Å². The predicted octanol–water partition coefficient (Wildman–Crippen LogP) is 3.27. The number of fused-ring (bicyclic) bond motifs is 1. The molecule has 15 heavy (non-hydrogen) atoms. The highest BCUT2D eigenvalue weighted by Crippen LogP contribution is 2.34. The van der Waals surface area contributed by atoms with Crippen molar-refractivity contribution in [3.63, 3.8) is 0 Å². The lowest BCUT2D eigenvalue weighted by Gasteiger charge is -2.26. The molecule has 2 nitrogen and oxygen atoms in total. The molecule has 2 N–H and O–H groups in total. The molecule has 0 amide bonds. The van der Waals surface area contributed by atoms with Gasteiger partial charge in [-0.25, -0.2) is 0 Å². The maximum atomic E-state index is 6.16. The van der Waals surface area contributed by atoms with Crippen molar-refractivity contribution in [3.05, 3.63) is 33.4 Å². The second-order valence-electron chi connectivity index (χ2n) is 3.91. The normalized spacial score (nSPS) is 16.9. The molecule has 0 aliphatic carbocycles. The second kappa shape index (κ2) is 3.51. The fourth-order valence-corrected chi connectivity index (χ4v) is 2.89. The van der Waals surface area contributed by atoms with Crippen molar-refractivity contribution < 1.29 is 0 Å². The molecule has 1 aliphatic rings. The average molecular weight is 286 g/mol. The molecule has 2 aromatic rings. The maximum absolute atomic E-state index is 6.16. The molecule has 0 unspecified atom stereocenters. The minimum Gasteiger partial charge on any atom is -0.360 e. The fourth-order valence-electron chi connectivity index (χ4n) is 2.02. The zero-order valence-electron chi connectivity index (χ0n) is 7.98. The van der Waals surface area contributed by atoms with Gasteiger partial charge in [-0.1, -0.05) is 27.5 Å². The summed E-state index contributed by atoms with van der Waals surface area (Å²) < 4.78 is 1.04. The van der Waals surface area contributed by atoms with E-state index in [1.807, 2.05) is 6.07 Å². The molecule has 0 atom stereocenters. The molecule has 2 heterocycles. The number of hydrogen-bond acceptors (Lipinski definition) is 1. The molecule has 78 valence electrons. The first kappa shape index (κ1) is 9.70. The second-order valence-corrected chi connectivity index (χ2v) is 5.23. The van der Waals surface area contributed by atoms with Crippen molar-refractivity contribution in [2.45, 2.75) is 5.92 Å². The van der Waals surface area contributed by atoms with Crippen molar-refractivity contribution in [3.8, 4) is 0 Å². The maximum Gasteiger partial charge on any atom is 0.0658 e. The molecular formula is C11H10BrClN2. The van der Waals surface area contributed by atoms with Gasteiger partial charge in [0, 0.05) is 35.1 Å². The van der Waals surface area contributed by atoms with E-state index in [4.69, 9.17) is 11.6 Å². The zero-order valence-corrected chi connectivity index (χ0v) is 10.3. The molecule has 1 aromatic carbocycles. The molecule has 1 aliphatic heterocycles. The standard InChI is InChI=1S/C11H10BrClN2/c12-7-1-8-9(6-3-14-4-6)5-15-11(8)10(13)2-7/h1-2,5-6,14-15H,3-4H2. The van der Waals surface area contributed by atoms with Gasteiger partial charge in [-0.2, -0.15) is 0 Å². The van der Waals surface area contributed by atoms with E-state index in [1.165, 1.54) is 10.9 Å². The fraction of sp³-hybridized carbons (Fsp3) is 0.273. The Morgan fingerprint density at radius 2 is 2.13 bits per heavy atom. The van der Waals surface area contributed by atoms with E-state index >= 15 is 0 Å². The van der Waals surface area contributed by atoms with Gasteiger partial charge in [-0.15, -0.1) is 0 Å². The van der Waals surface area contributed by atoms with Gasteiger partial charge >= 0.3 is 0 Å². The van der Waals surface area contributed by atoms with Gasteiger partial charge in [-0.05, 0) is 17.7 Å². The molecule has 0 bridgehead atoms. The quantitative estimate of drug-likeness (QED) is 0.827. The van der Waals surface area contributed by atoms with E-state index in [1.54, 1.807) is 0 Å². The van der Waals surface area contributed by atoms with Crippen molar-refractivity contribution in [2.75, 3.05) is 13.1 Å². The topological polar surface area (TPSA) is 27.8 Å². The number of benzene rings is 1. The summed E-state index contributed by atoms with van der Waals surface area (Å²) in [5, 5.41) is 5.30. The average Bonchev–Trinajstić information content (AvgIpc) is 2.46. The smallest absolute Gasteiger partial charge is 0.0658 e. The van der Waals surface area contributed by atoms with Crippen molar-refractivity contribution >= 4 is 38.4 Å². The van der Waals surface area contributed by atoms with Crippen molar-refractivity contribution in [1.82, 2.24) is 10.3 Å². The molecule has 0 radical (unpaired) electrons. The van der Waals surface area contributed by atoms with Crippen LogP contribution in [0.2, 0.25) is 5.02 Å². The summed E-state index contributed by atoms with van der Waals surface area (Å²) in [6, 6.07) is 4.05. The van der Waals surface area contributed by atoms with Crippen LogP contribution in [0, 0.1) is 0 Å². The number of aromatic nitrogens is 1. The van der Waals surface area contributed by atoms with Crippen LogP contribution in [-0.2, 0) is 0 Å². The number of aromatic amines is 1. The van der Waals surface area contributed by atoms with E-state index in [2.05, 4.69) is 38.5 Å². The Labute approximate surface area is 101 Å². The first-order chi connectivity index (χ1) is 7.25. The predicted molar refractivity (Wildman–Crippen MR) is 66.6 cm³/mol. The van der Waals surface area contributed by atoms with Crippen molar-refractivity contribution in [1.29, 1.82) is 0 Å². The Bertz CT molecular complexity index is 517. The summed E-state index contributed by atoms with van der Waals surface area (Å²) >= 11 is 9.64. The van der Waals surface area contributed by atoms with E-state index in [0.29, 0.717) is 5.92 Å². The molecule has 4 heteroatoms. The van der Waals surface area contributed by atoms with Crippen LogP contribution in [0.15, 0.2) is 22.8 Å². The zero-order chi connectivity index (χ0) is 10.4. The lowest BCUT2D eigenvalue weighted by molar-refractivity contribution is 0.451. The molecule has 0 saturated carbocycles. The van der Waals surface area contributed by atoms with Crippen LogP contribution in [-0.4, -0.2) is 18.1 Å². The lowest BCUT2D eigenvalue weighted by Crippen LogP contribution is -2.39.